The Morgan fingerprint density at radius 2 is 1.57 bits per heavy atom. The Kier molecular flexibility index (Phi) is 5.20. The lowest BCUT2D eigenvalue weighted by Gasteiger charge is -2.27. The molecule has 1 nitrogen and oxygen atoms in total. The van der Waals surface area contributed by atoms with Gasteiger partial charge in [-0.3, -0.25) is 0 Å². The van der Waals surface area contributed by atoms with Crippen LogP contribution >= 0.6 is 29.1 Å². The molecule has 0 atom stereocenters. The molecule has 0 bridgehead atoms. The topological polar surface area (TPSA) is 3.24 Å². The van der Waals surface area contributed by atoms with Crippen LogP contribution in [-0.2, 0) is 5.41 Å². The normalized spacial score (nSPS) is 11.8. The summed E-state index contributed by atoms with van der Waals surface area (Å²) in [5.41, 5.74) is 3.56. The minimum Gasteiger partial charge on any atom is -0.344 e. The van der Waals surface area contributed by atoms with Crippen molar-refractivity contribution in [3.05, 3.63) is 54.1 Å². The molecule has 2 aromatic rings. The van der Waals surface area contributed by atoms with E-state index in [1.807, 2.05) is 25.2 Å². The lowest BCUT2D eigenvalue weighted by molar-refractivity contribution is 0.590. The van der Waals surface area contributed by atoms with Gasteiger partial charge in [-0.2, -0.15) is 0 Å². The molecule has 4 heteroatoms. The van der Waals surface area contributed by atoms with Crippen LogP contribution in [0.1, 0.15) is 26.3 Å². The van der Waals surface area contributed by atoms with Gasteiger partial charge in [-0.15, -0.1) is 0 Å². The van der Waals surface area contributed by atoms with Crippen LogP contribution in [0.4, 0.5) is 11.4 Å². The van der Waals surface area contributed by atoms with Gasteiger partial charge in [-0.1, -0.05) is 67.5 Å². The molecule has 0 saturated heterocycles. The average molecular weight is 340 g/mol. The molecule has 0 aliphatic heterocycles. The summed E-state index contributed by atoms with van der Waals surface area (Å²) < 4.78 is 0. The second-order valence-electron chi connectivity index (χ2n) is 6.08. The monoisotopic (exact) mass is 339 g/mol. The fraction of sp³-hybridized carbons (Fsp3) is 0.294. The quantitative estimate of drug-likeness (QED) is 0.604. The molecule has 0 heterocycles. The van der Waals surface area contributed by atoms with Crippen LogP contribution in [0, 0.1) is 0 Å². The van der Waals surface area contributed by atoms with Crippen molar-refractivity contribution in [1.29, 1.82) is 0 Å². The van der Waals surface area contributed by atoms with Crippen molar-refractivity contribution >= 4 is 45.8 Å². The fourth-order valence-corrected chi connectivity index (χ4v) is 3.62. The molecule has 0 aliphatic rings. The van der Waals surface area contributed by atoms with E-state index >= 15 is 0 Å². The van der Waals surface area contributed by atoms with Gasteiger partial charge < -0.3 is 4.90 Å². The van der Waals surface area contributed by atoms with Crippen LogP contribution in [0.15, 0.2) is 48.5 Å². The predicted molar refractivity (Wildman–Crippen MR) is 97.9 cm³/mol. The van der Waals surface area contributed by atoms with Crippen LogP contribution in [-0.4, -0.2) is 7.05 Å². The summed E-state index contributed by atoms with van der Waals surface area (Å²) in [7, 11) is 2.05. The van der Waals surface area contributed by atoms with Gasteiger partial charge in [0.1, 0.15) is 6.63 Å². The fourth-order valence-electron chi connectivity index (χ4n) is 2.19. The number of halogens is 2. The molecule has 2 aromatic carbocycles. The van der Waals surface area contributed by atoms with Gasteiger partial charge in [-0.05, 0) is 35.2 Å². The third-order valence-electron chi connectivity index (χ3n) is 3.53. The first kappa shape index (κ1) is 16.6. The summed E-state index contributed by atoms with van der Waals surface area (Å²) >= 11 is 12.4. The van der Waals surface area contributed by atoms with E-state index in [-0.39, 0.29) is 5.41 Å². The standard InChI is InChI=1S/C17H20Cl2NP/c1-17(2,3)13-10-11-16(21(18)19)15(12-13)20(4)14-8-6-5-7-9-14/h5-12H,1-4H3. The highest BCUT2D eigenvalue weighted by molar-refractivity contribution is 8.09. The summed E-state index contributed by atoms with van der Waals surface area (Å²) in [6.07, 6.45) is 0. The first-order chi connectivity index (χ1) is 9.80. The van der Waals surface area contributed by atoms with Crippen LogP contribution in [0.3, 0.4) is 0 Å². The van der Waals surface area contributed by atoms with Gasteiger partial charge >= 0.3 is 0 Å². The number of hydrogen-bond donors (Lipinski definition) is 0. The van der Waals surface area contributed by atoms with E-state index in [0.29, 0.717) is 0 Å². The number of para-hydroxylation sites is 1. The Balaban J connectivity index is 2.54. The molecular weight excluding hydrogens is 320 g/mol. The second kappa shape index (κ2) is 6.57. The molecule has 2 rings (SSSR count). The van der Waals surface area contributed by atoms with E-state index in [4.69, 9.17) is 22.5 Å². The maximum atomic E-state index is 6.21. The largest absolute Gasteiger partial charge is 0.344 e. The summed E-state index contributed by atoms with van der Waals surface area (Å²) in [4.78, 5) is 2.14. The Hall–Kier alpha value is -0.750. The lowest BCUT2D eigenvalue weighted by atomic mass is 9.87. The molecular formula is C17H20Cl2NP. The molecule has 21 heavy (non-hydrogen) atoms. The molecule has 0 N–H and O–H groups in total. The third-order valence-corrected chi connectivity index (χ3v) is 5.36. The van der Waals surface area contributed by atoms with Crippen molar-refractivity contribution in [2.45, 2.75) is 26.2 Å². The number of anilines is 2. The SMILES string of the molecule is CN(c1ccccc1)c1cc(C(C)(C)C)ccc1P(Cl)Cl. The van der Waals surface area contributed by atoms with Gasteiger partial charge in [0.25, 0.3) is 0 Å². The van der Waals surface area contributed by atoms with E-state index in [9.17, 15) is 0 Å². The molecule has 0 fully saturated rings. The molecule has 0 spiro atoms. The molecule has 0 aromatic heterocycles. The van der Waals surface area contributed by atoms with E-state index in [1.165, 1.54) is 5.56 Å². The molecule has 0 radical (unpaired) electrons. The van der Waals surface area contributed by atoms with Crippen LogP contribution in [0.25, 0.3) is 0 Å². The molecule has 112 valence electrons. The Labute approximate surface area is 138 Å². The summed E-state index contributed by atoms with van der Waals surface area (Å²) in [5, 5.41) is 0.993. The minimum atomic E-state index is -1.18. The average Bonchev–Trinajstić information content (AvgIpc) is 2.45. The third kappa shape index (κ3) is 3.92. The lowest BCUT2D eigenvalue weighted by Crippen LogP contribution is -2.20. The van der Waals surface area contributed by atoms with Crippen molar-refractivity contribution in [2.24, 2.45) is 0 Å². The van der Waals surface area contributed by atoms with Gasteiger partial charge in [0.05, 0.1) is 5.69 Å². The van der Waals surface area contributed by atoms with Gasteiger partial charge in [0, 0.05) is 18.0 Å². The minimum absolute atomic E-state index is 0.0895. The van der Waals surface area contributed by atoms with E-state index < -0.39 is 6.63 Å². The van der Waals surface area contributed by atoms with E-state index in [0.717, 1.165) is 16.7 Å². The molecule has 0 saturated carbocycles. The van der Waals surface area contributed by atoms with Crippen molar-refractivity contribution in [2.75, 3.05) is 11.9 Å². The van der Waals surface area contributed by atoms with Crippen LogP contribution in [0.2, 0.25) is 0 Å². The van der Waals surface area contributed by atoms with E-state index in [2.05, 4.69) is 56.0 Å². The smallest absolute Gasteiger partial charge is 0.119 e. The Morgan fingerprint density at radius 3 is 2.10 bits per heavy atom. The van der Waals surface area contributed by atoms with Gasteiger partial charge in [0.2, 0.25) is 0 Å². The van der Waals surface area contributed by atoms with Gasteiger partial charge in [-0.25, -0.2) is 0 Å². The van der Waals surface area contributed by atoms with Crippen molar-refractivity contribution in [1.82, 2.24) is 0 Å². The number of hydrogen-bond acceptors (Lipinski definition) is 1. The summed E-state index contributed by atoms with van der Waals surface area (Å²) in [6.45, 7) is 5.44. The first-order valence-electron chi connectivity index (χ1n) is 6.85. The molecule has 0 amide bonds. The molecule has 0 unspecified atom stereocenters. The zero-order valence-corrected chi connectivity index (χ0v) is 15.2. The zero-order valence-electron chi connectivity index (χ0n) is 12.8. The number of nitrogens with zero attached hydrogens (tertiary/aromatic N) is 1. The van der Waals surface area contributed by atoms with Crippen LogP contribution < -0.4 is 10.2 Å². The summed E-state index contributed by atoms with van der Waals surface area (Å²) in [5.74, 6) is 0. The zero-order chi connectivity index (χ0) is 15.6. The highest BCUT2D eigenvalue weighted by atomic mass is 35.9. The summed E-state index contributed by atoms with van der Waals surface area (Å²) in [6, 6.07) is 16.6. The number of benzene rings is 2. The van der Waals surface area contributed by atoms with Crippen molar-refractivity contribution < 1.29 is 0 Å². The Bertz CT molecular complexity index is 606. The van der Waals surface area contributed by atoms with Crippen LogP contribution in [0.5, 0.6) is 0 Å². The maximum absolute atomic E-state index is 6.21. The maximum Gasteiger partial charge on any atom is 0.119 e. The Morgan fingerprint density at radius 1 is 0.952 bits per heavy atom. The highest BCUT2D eigenvalue weighted by Gasteiger charge is 2.20. The molecule has 0 aliphatic carbocycles. The highest BCUT2D eigenvalue weighted by Crippen LogP contribution is 2.48. The van der Waals surface area contributed by atoms with E-state index in [1.54, 1.807) is 0 Å². The predicted octanol–water partition coefficient (Wildman–Crippen LogP) is 6.17. The van der Waals surface area contributed by atoms with Gasteiger partial charge in [0.15, 0.2) is 0 Å². The van der Waals surface area contributed by atoms with Crippen molar-refractivity contribution in [3.63, 3.8) is 0 Å². The second-order valence-corrected chi connectivity index (χ2v) is 9.58. The first-order valence-corrected chi connectivity index (χ1v) is 10.0. The van der Waals surface area contributed by atoms with Crippen molar-refractivity contribution in [3.8, 4) is 0 Å². The number of rotatable bonds is 3.